The highest BCUT2D eigenvalue weighted by atomic mass is 79.9. The molecule has 1 aromatic heterocycles. The molecule has 0 N–H and O–H groups in total. The summed E-state index contributed by atoms with van der Waals surface area (Å²) in [6, 6.07) is 3.95. The molecule has 2 nitrogen and oxygen atoms in total. The first-order valence-corrected chi connectivity index (χ1v) is 7.81. The number of thiophene rings is 1. The minimum absolute atomic E-state index is 0.0817. The highest BCUT2D eigenvalue weighted by Gasteiger charge is 2.30. The van der Waals surface area contributed by atoms with Crippen molar-refractivity contribution in [3.63, 3.8) is 0 Å². The number of amides is 1. The zero-order valence-electron chi connectivity index (χ0n) is 9.66. The van der Waals surface area contributed by atoms with Gasteiger partial charge in [-0.15, -0.1) is 22.9 Å². The van der Waals surface area contributed by atoms with Crippen LogP contribution in [0, 0.1) is 0 Å². The first-order chi connectivity index (χ1) is 8.09. The number of hydrogen-bond donors (Lipinski definition) is 0. The van der Waals surface area contributed by atoms with Gasteiger partial charge in [-0.25, -0.2) is 0 Å². The predicted molar refractivity (Wildman–Crippen MR) is 76.0 cm³/mol. The molecule has 0 bridgehead atoms. The molecule has 1 fully saturated rings. The summed E-state index contributed by atoms with van der Waals surface area (Å²) in [5.41, 5.74) is 0. The van der Waals surface area contributed by atoms with Gasteiger partial charge in [0.25, 0.3) is 5.91 Å². The molecule has 94 valence electrons. The van der Waals surface area contributed by atoms with E-state index in [1.54, 1.807) is 0 Å². The Morgan fingerprint density at radius 3 is 2.76 bits per heavy atom. The van der Waals surface area contributed by atoms with Crippen LogP contribution < -0.4 is 0 Å². The van der Waals surface area contributed by atoms with Crippen molar-refractivity contribution in [3.8, 4) is 0 Å². The van der Waals surface area contributed by atoms with Crippen molar-refractivity contribution < 1.29 is 4.79 Å². The lowest BCUT2D eigenvalue weighted by molar-refractivity contribution is 0.0705. The van der Waals surface area contributed by atoms with Gasteiger partial charge in [0, 0.05) is 13.1 Å². The number of nitrogens with zero attached hydrogens (tertiary/aromatic N) is 1. The van der Waals surface area contributed by atoms with Crippen molar-refractivity contribution in [1.29, 1.82) is 0 Å². The molecule has 0 aliphatic heterocycles. The Kier molecular flexibility index (Phi) is 4.50. The number of rotatable bonds is 2. The predicted octanol–water partition coefficient (Wildman–Crippen LogP) is 4.13. The molecule has 1 aliphatic rings. The number of halogens is 2. The van der Waals surface area contributed by atoms with Crippen molar-refractivity contribution in [2.75, 3.05) is 7.05 Å². The maximum atomic E-state index is 12.3. The fraction of sp³-hybridized carbons (Fsp3) is 0.583. The average Bonchev–Trinajstić information content (AvgIpc) is 2.75. The minimum atomic E-state index is 0.0817. The number of hydrogen-bond acceptors (Lipinski definition) is 2. The van der Waals surface area contributed by atoms with Crippen LogP contribution in [0.1, 0.15) is 35.4 Å². The second-order valence-electron chi connectivity index (χ2n) is 4.39. The fourth-order valence-corrected chi connectivity index (χ4v) is 4.07. The van der Waals surface area contributed by atoms with Gasteiger partial charge >= 0.3 is 0 Å². The topological polar surface area (TPSA) is 20.3 Å². The third-order valence-corrected chi connectivity index (χ3v) is 5.37. The van der Waals surface area contributed by atoms with Gasteiger partial charge in [0.1, 0.15) is 0 Å². The van der Waals surface area contributed by atoms with Crippen molar-refractivity contribution in [3.05, 3.63) is 20.8 Å². The lowest BCUT2D eigenvalue weighted by Gasteiger charge is -2.34. The normalized spacial score (nSPS) is 24.6. The Bertz CT molecular complexity index is 409. The fourth-order valence-electron chi connectivity index (χ4n) is 2.26. The number of carbonyl (C=O) groups excluding carboxylic acids is 1. The summed E-state index contributed by atoms with van der Waals surface area (Å²) >= 11 is 11.2. The quantitative estimate of drug-likeness (QED) is 0.744. The van der Waals surface area contributed by atoms with Crippen LogP contribution in [0.3, 0.4) is 0 Å². The standard InChI is InChI=1S/C12H15BrClNOS/c1-15(9-5-3-2-4-8(9)14)12(16)10-6-7-11(13)17-10/h6-9H,2-5H2,1H3. The van der Waals surface area contributed by atoms with Gasteiger partial charge in [-0.2, -0.15) is 0 Å². The van der Waals surface area contributed by atoms with E-state index in [-0.39, 0.29) is 17.3 Å². The van der Waals surface area contributed by atoms with Crippen LogP contribution in [0.2, 0.25) is 0 Å². The van der Waals surface area contributed by atoms with Crippen LogP contribution in [0.25, 0.3) is 0 Å². The molecular formula is C12H15BrClNOS. The average molecular weight is 337 g/mol. The highest BCUT2D eigenvalue weighted by molar-refractivity contribution is 9.11. The third-order valence-electron chi connectivity index (χ3n) is 3.25. The zero-order valence-corrected chi connectivity index (χ0v) is 12.8. The van der Waals surface area contributed by atoms with Gasteiger partial charge in [0.05, 0.1) is 14.0 Å². The van der Waals surface area contributed by atoms with Crippen molar-refractivity contribution in [2.45, 2.75) is 37.1 Å². The van der Waals surface area contributed by atoms with E-state index in [1.807, 2.05) is 24.1 Å². The lowest BCUT2D eigenvalue weighted by Crippen LogP contribution is -2.44. The summed E-state index contributed by atoms with van der Waals surface area (Å²) in [5.74, 6) is 0.0817. The third kappa shape index (κ3) is 3.04. The molecule has 0 radical (unpaired) electrons. The molecule has 0 spiro atoms. The first-order valence-electron chi connectivity index (χ1n) is 5.76. The molecule has 1 amide bonds. The second-order valence-corrected chi connectivity index (χ2v) is 7.41. The van der Waals surface area contributed by atoms with Crippen molar-refractivity contribution >= 4 is 44.8 Å². The summed E-state index contributed by atoms with van der Waals surface area (Å²) in [6.45, 7) is 0. The Hall–Kier alpha value is -0.0600. The Balaban J connectivity index is 2.08. The monoisotopic (exact) mass is 335 g/mol. The van der Waals surface area contributed by atoms with E-state index >= 15 is 0 Å². The molecule has 2 rings (SSSR count). The maximum Gasteiger partial charge on any atom is 0.263 e. The SMILES string of the molecule is CN(C(=O)c1ccc(Br)s1)C1CCCCC1Cl. The summed E-state index contributed by atoms with van der Waals surface area (Å²) in [4.78, 5) is 14.8. The van der Waals surface area contributed by atoms with E-state index in [1.165, 1.54) is 24.2 Å². The summed E-state index contributed by atoms with van der Waals surface area (Å²) in [6.07, 6.45) is 4.37. The molecule has 1 saturated carbocycles. The van der Waals surface area contributed by atoms with E-state index in [0.29, 0.717) is 0 Å². The summed E-state index contributed by atoms with van der Waals surface area (Å²) in [5, 5.41) is 0.0982. The van der Waals surface area contributed by atoms with E-state index in [9.17, 15) is 4.79 Å². The van der Waals surface area contributed by atoms with Gasteiger partial charge < -0.3 is 4.90 Å². The first kappa shape index (κ1) is 13.4. The van der Waals surface area contributed by atoms with Crippen LogP contribution in [-0.4, -0.2) is 29.3 Å². The van der Waals surface area contributed by atoms with E-state index < -0.39 is 0 Å². The Morgan fingerprint density at radius 2 is 2.18 bits per heavy atom. The van der Waals surface area contributed by atoms with Gasteiger partial charge in [0.2, 0.25) is 0 Å². The van der Waals surface area contributed by atoms with E-state index in [0.717, 1.165) is 21.5 Å². The van der Waals surface area contributed by atoms with Gasteiger partial charge in [-0.1, -0.05) is 12.8 Å². The molecule has 1 heterocycles. The molecule has 0 saturated heterocycles. The smallest absolute Gasteiger partial charge is 0.263 e. The lowest BCUT2D eigenvalue weighted by atomic mass is 9.94. The summed E-state index contributed by atoms with van der Waals surface area (Å²) < 4.78 is 0.986. The van der Waals surface area contributed by atoms with Crippen molar-refractivity contribution in [2.24, 2.45) is 0 Å². The molecule has 2 unspecified atom stereocenters. The van der Waals surface area contributed by atoms with E-state index in [4.69, 9.17) is 11.6 Å². The molecule has 5 heteroatoms. The molecule has 1 aromatic rings. The van der Waals surface area contributed by atoms with Crippen molar-refractivity contribution in [1.82, 2.24) is 4.90 Å². The molecule has 17 heavy (non-hydrogen) atoms. The molecular weight excluding hydrogens is 322 g/mol. The van der Waals surface area contributed by atoms with Gasteiger partial charge in [0.15, 0.2) is 0 Å². The Labute approximate surface area is 119 Å². The summed E-state index contributed by atoms with van der Waals surface area (Å²) in [7, 11) is 1.86. The van der Waals surface area contributed by atoms with Crippen LogP contribution in [0.5, 0.6) is 0 Å². The van der Waals surface area contributed by atoms with Crippen LogP contribution in [0.4, 0.5) is 0 Å². The molecule has 2 atom stereocenters. The van der Waals surface area contributed by atoms with Crippen LogP contribution >= 0.6 is 38.9 Å². The zero-order chi connectivity index (χ0) is 12.4. The Morgan fingerprint density at radius 1 is 1.47 bits per heavy atom. The number of alkyl halides is 1. The number of carbonyl (C=O) groups is 1. The largest absolute Gasteiger partial charge is 0.337 e. The van der Waals surface area contributed by atoms with Gasteiger partial charge in [-0.3, -0.25) is 4.79 Å². The van der Waals surface area contributed by atoms with E-state index in [2.05, 4.69) is 15.9 Å². The van der Waals surface area contributed by atoms with Crippen LogP contribution in [0.15, 0.2) is 15.9 Å². The maximum absolute atomic E-state index is 12.3. The van der Waals surface area contributed by atoms with Crippen LogP contribution in [-0.2, 0) is 0 Å². The van der Waals surface area contributed by atoms with Gasteiger partial charge in [-0.05, 0) is 40.9 Å². The molecule has 1 aliphatic carbocycles. The second kappa shape index (κ2) is 5.72. The highest BCUT2D eigenvalue weighted by Crippen LogP contribution is 2.29. The molecule has 0 aromatic carbocycles. The minimum Gasteiger partial charge on any atom is -0.337 e.